The van der Waals surface area contributed by atoms with Crippen LogP contribution in [0.1, 0.15) is 21.5 Å². The van der Waals surface area contributed by atoms with E-state index in [-0.39, 0.29) is 11.5 Å². The zero-order valence-electron chi connectivity index (χ0n) is 20.1. The number of para-hydroxylation sites is 1. The van der Waals surface area contributed by atoms with E-state index in [0.717, 1.165) is 4.90 Å². The number of thioether (sulfide) groups is 1. The molecule has 37 heavy (non-hydrogen) atoms. The standard InChI is InChI=1S/C30H25FN2O3S/c1-36-28-14-8-6-11-22(28)19-27(33-29(34)21-9-3-2-4-10-21)30(35)32-24-15-17-25(18-16-24)37-20-23-12-5-7-13-26(23)31/h2-19H,20H2,1H3,(H,32,35)(H,33,34)/b27-19-. The highest BCUT2D eigenvalue weighted by Crippen LogP contribution is 2.26. The summed E-state index contributed by atoms with van der Waals surface area (Å²) in [4.78, 5) is 27.0. The molecule has 0 saturated heterocycles. The van der Waals surface area contributed by atoms with Crippen molar-refractivity contribution >= 4 is 35.3 Å². The van der Waals surface area contributed by atoms with Gasteiger partial charge in [-0.15, -0.1) is 11.8 Å². The average Bonchev–Trinajstić information content (AvgIpc) is 2.93. The fraction of sp³-hybridized carbons (Fsp3) is 0.0667. The van der Waals surface area contributed by atoms with Gasteiger partial charge in [-0.3, -0.25) is 9.59 Å². The number of hydrogen-bond acceptors (Lipinski definition) is 4. The summed E-state index contributed by atoms with van der Waals surface area (Å²) in [5, 5.41) is 5.56. The molecule has 186 valence electrons. The number of halogens is 1. The van der Waals surface area contributed by atoms with E-state index < -0.39 is 11.8 Å². The lowest BCUT2D eigenvalue weighted by atomic mass is 10.1. The molecule has 0 heterocycles. The van der Waals surface area contributed by atoms with Gasteiger partial charge in [0.05, 0.1) is 7.11 Å². The Bertz CT molecular complexity index is 1410. The van der Waals surface area contributed by atoms with Crippen LogP contribution in [0.3, 0.4) is 0 Å². The first-order chi connectivity index (χ1) is 18.0. The predicted molar refractivity (Wildman–Crippen MR) is 146 cm³/mol. The van der Waals surface area contributed by atoms with E-state index in [1.54, 1.807) is 73.8 Å². The summed E-state index contributed by atoms with van der Waals surface area (Å²) in [5.41, 5.74) is 2.32. The summed E-state index contributed by atoms with van der Waals surface area (Å²) in [6, 6.07) is 29.8. The van der Waals surface area contributed by atoms with Crippen LogP contribution in [0.2, 0.25) is 0 Å². The van der Waals surface area contributed by atoms with Crippen molar-refractivity contribution in [3.05, 3.63) is 131 Å². The van der Waals surface area contributed by atoms with Crippen LogP contribution in [-0.4, -0.2) is 18.9 Å². The van der Waals surface area contributed by atoms with Crippen LogP contribution in [0.25, 0.3) is 6.08 Å². The number of methoxy groups -OCH3 is 1. The normalized spacial score (nSPS) is 11.0. The second-order valence-corrected chi connectivity index (χ2v) is 9.03. The monoisotopic (exact) mass is 512 g/mol. The summed E-state index contributed by atoms with van der Waals surface area (Å²) < 4.78 is 19.3. The molecular formula is C30H25FN2O3S. The lowest BCUT2D eigenvalue weighted by molar-refractivity contribution is -0.113. The Labute approximate surface area is 219 Å². The van der Waals surface area contributed by atoms with Crippen LogP contribution in [-0.2, 0) is 10.5 Å². The number of hydrogen-bond donors (Lipinski definition) is 2. The predicted octanol–water partition coefficient (Wildman–Crippen LogP) is 6.54. The van der Waals surface area contributed by atoms with Crippen LogP contribution < -0.4 is 15.4 Å². The number of nitrogens with one attached hydrogen (secondary N) is 2. The third-order valence-electron chi connectivity index (χ3n) is 5.43. The smallest absolute Gasteiger partial charge is 0.272 e. The van der Waals surface area contributed by atoms with Crippen LogP contribution >= 0.6 is 11.8 Å². The fourth-order valence-corrected chi connectivity index (χ4v) is 4.38. The molecule has 0 unspecified atom stereocenters. The Balaban J connectivity index is 1.50. The van der Waals surface area contributed by atoms with Gasteiger partial charge in [-0.2, -0.15) is 0 Å². The molecule has 0 aromatic heterocycles. The van der Waals surface area contributed by atoms with Gasteiger partial charge in [0, 0.05) is 27.5 Å². The number of anilines is 1. The fourth-order valence-electron chi connectivity index (χ4n) is 3.49. The van der Waals surface area contributed by atoms with Gasteiger partial charge >= 0.3 is 0 Å². The highest BCUT2D eigenvalue weighted by molar-refractivity contribution is 7.98. The zero-order valence-corrected chi connectivity index (χ0v) is 20.9. The molecule has 7 heteroatoms. The van der Waals surface area contributed by atoms with Crippen molar-refractivity contribution in [2.45, 2.75) is 10.6 Å². The number of carbonyl (C=O) groups excluding carboxylic acids is 2. The molecule has 0 radical (unpaired) electrons. The van der Waals surface area contributed by atoms with E-state index >= 15 is 0 Å². The van der Waals surface area contributed by atoms with Gasteiger partial charge in [-0.25, -0.2) is 4.39 Å². The van der Waals surface area contributed by atoms with Crippen molar-refractivity contribution in [3.63, 3.8) is 0 Å². The van der Waals surface area contributed by atoms with E-state index in [2.05, 4.69) is 10.6 Å². The number of ether oxygens (including phenoxy) is 1. The Morgan fingerprint density at radius 2 is 1.54 bits per heavy atom. The Morgan fingerprint density at radius 3 is 2.27 bits per heavy atom. The van der Waals surface area contributed by atoms with Crippen molar-refractivity contribution < 1.29 is 18.7 Å². The third kappa shape index (κ3) is 7.08. The molecule has 0 aliphatic carbocycles. The molecule has 0 fully saturated rings. The summed E-state index contributed by atoms with van der Waals surface area (Å²) in [6.07, 6.45) is 1.58. The topological polar surface area (TPSA) is 67.4 Å². The van der Waals surface area contributed by atoms with Gasteiger partial charge < -0.3 is 15.4 Å². The van der Waals surface area contributed by atoms with Gasteiger partial charge in [-0.05, 0) is 60.2 Å². The lowest BCUT2D eigenvalue weighted by Crippen LogP contribution is -2.30. The number of carbonyl (C=O) groups is 2. The Kier molecular flexibility index (Phi) is 8.73. The van der Waals surface area contributed by atoms with E-state index in [1.165, 1.54) is 17.8 Å². The molecule has 0 aliphatic rings. The van der Waals surface area contributed by atoms with Crippen molar-refractivity contribution in [3.8, 4) is 5.75 Å². The second kappa shape index (κ2) is 12.6. The van der Waals surface area contributed by atoms with E-state index in [9.17, 15) is 14.0 Å². The average molecular weight is 513 g/mol. The molecule has 2 amide bonds. The van der Waals surface area contributed by atoms with Crippen LogP contribution in [0.15, 0.2) is 114 Å². The molecule has 0 aliphatic heterocycles. The summed E-state index contributed by atoms with van der Waals surface area (Å²) >= 11 is 1.50. The largest absolute Gasteiger partial charge is 0.496 e. The van der Waals surface area contributed by atoms with Crippen molar-refractivity contribution in [2.24, 2.45) is 0 Å². The summed E-state index contributed by atoms with van der Waals surface area (Å²) in [7, 11) is 1.54. The van der Waals surface area contributed by atoms with Crippen molar-refractivity contribution in [1.82, 2.24) is 5.32 Å². The van der Waals surface area contributed by atoms with E-state index in [1.807, 2.05) is 36.4 Å². The first-order valence-electron chi connectivity index (χ1n) is 11.5. The highest BCUT2D eigenvalue weighted by atomic mass is 32.2. The van der Waals surface area contributed by atoms with Gasteiger partial charge in [-0.1, -0.05) is 54.6 Å². The van der Waals surface area contributed by atoms with Gasteiger partial charge in [0.15, 0.2) is 0 Å². The van der Waals surface area contributed by atoms with Crippen LogP contribution in [0.5, 0.6) is 5.75 Å². The first-order valence-corrected chi connectivity index (χ1v) is 12.5. The molecular weight excluding hydrogens is 487 g/mol. The second-order valence-electron chi connectivity index (χ2n) is 7.98. The lowest BCUT2D eigenvalue weighted by Gasteiger charge is -2.13. The molecule has 0 atom stereocenters. The van der Waals surface area contributed by atoms with Gasteiger partial charge in [0.25, 0.3) is 11.8 Å². The molecule has 0 saturated carbocycles. The van der Waals surface area contributed by atoms with Gasteiger partial charge in [0.2, 0.25) is 0 Å². The molecule has 4 aromatic rings. The first kappa shape index (κ1) is 25.7. The SMILES string of the molecule is COc1ccccc1/C=C(\NC(=O)c1ccccc1)C(=O)Nc1ccc(SCc2ccccc2F)cc1. The third-order valence-corrected chi connectivity index (χ3v) is 6.49. The Morgan fingerprint density at radius 1 is 0.865 bits per heavy atom. The van der Waals surface area contributed by atoms with Crippen molar-refractivity contribution in [2.75, 3.05) is 12.4 Å². The summed E-state index contributed by atoms with van der Waals surface area (Å²) in [6.45, 7) is 0. The van der Waals surface area contributed by atoms with Gasteiger partial charge in [0.1, 0.15) is 17.3 Å². The number of benzene rings is 4. The van der Waals surface area contributed by atoms with Crippen LogP contribution in [0, 0.1) is 5.82 Å². The molecule has 0 bridgehead atoms. The number of amides is 2. The minimum atomic E-state index is -0.484. The van der Waals surface area contributed by atoms with E-state index in [4.69, 9.17) is 4.74 Å². The van der Waals surface area contributed by atoms with Crippen LogP contribution in [0.4, 0.5) is 10.1 Å². The molecule has 2 N–H and O–H groups in total. The van der Waals surface area contributed by atoms with E-state index in [0.29, 0.717) is 33.9 Å². The minimum absolute atomic E-state index is 0.0661. The molecule has 4 aromatic carbocycles. The molecule has 0 spiro atoms. The maximum Gasteiger partial charge on any atom is 0.272 e. The quantitative estimate of drug-likeness (QED) is 0.198. The Hall–Kier alpha value is -4.36. The molecule has 5 nitrogen and oxygen atoms in total. The maximum absolute atomic E-state index is 13.9. The highest BCUT2D eigenvalue weighted by Gasteiger charge is 2.16. The number of rotatable bonds is 9. The summed E-state index contributed by atoms with van der Waals surface area (Å²) in [5.74, 6) is -0.0575. The maximum atomic E-state index is 13.9. The minimum Gasteiger partial charge on any atom is -0.496 e. The molecule has 4 rings (SSSR count). The van der Waals surface area contributed by atoms with Crippen molar-refractivity contribution in [1.29, 1.82) is 0 Å². The zero-order chi connectivity index (χ0) is 26.0.